The van der Waals surface area contributed by atoms with Gasteiger partial charge in [-0.1, -0.05) is 19.9 Å². The summed E-state index contributed by atoms with van der Waals surface area (Å²) in [6.45, 7) is 6.66. The molecule has 0 fully saturated rings. The van der Waals surface area contributed by atoms with Crippen molar-refractivity contribution in [3.63, 3.8) is 0 Å². The highest BCUT2D eigenvalue weighted by Gasteiger charge is 2.18. The van der Waals surface area contributed by atoms with Gasteiger partial charge in [0.05, 0.1) is 13.0 Å². The highest BCUT2D eigenvalue weighted by atomic mass is 16.5. The minimum absolute atomic E-state index is 0.0261. The van der Waals surface area contributed by atoms with Crippen LogP contribution in [0.2, 0.25) is 0 Å². The highest BCUT2D eigenvalue weighted by molar-refractivity contribution is 5.79. The molecular formula is C15H22N2O3. The molecule has 0 radical (unpaired) electrons. The monoisotopic (exact) mass is 278 g/mol. The molecule has 5 heteroatoms. The van der Waals surface area contributed by atoms with Gasteiger partial charge in [0.25, 0.3) is 0 Å². The van der Waals surface area contributed by atoms with Crippen molar-refractivity contribution in [1.82, 2.24) is 9.88 Å². The van der Waals surface area contributed by atoms with Crippen LogP contribution in [0.25, 0.3) is 0 Å². The second-order valence-corrected chi connectivity index (χ2v) is 4.83. The van der Waals surface area contributed by atoms with Crippen molar-refractivity contribution in [1.29, 1.82) is 0 Å². The molecule has 0 spiro atoms. The molecule has 0 bridgehead atoms. The number of aromatic nitrogens is 1. The van der Waals surface area contributed by atoms with E-state index in [0.717, 1.165) is 5.56 Å². The fourth-order valence-electron chi connectivity index (χ4n) is 1.80. The van der Waals surface area contributed by atoms with Crippen molar-refractivity contribution in [2.75, 3.05) is 13.2 Å². The zero-order valence-electron chi connectivity index (χ0n) is 12.3. The maximum Gasteiger partial charge on any atom is 0.307 e. The molecule has 0 atom stereocenters. The first kappa shape index (κ1) is 16.1. The fraction of sp³-hybridized carbons (Fsp3) is 0.533. The van der Waals surface area contributed by atoms with Gasteiger partial charge >= 0.3 is 5.97 Å². The number of hydrogen-bond donors (Lipinski definition) is 0. The predicted molar refractivity (Wildman–Crippen MR) is 75.7 cm³/mol. The largest absolute Gasteiger partial charge is 0.466 e. The Labute approximate surface area is 119 Å². The zero-order chi connectivity index (χ0) is 15.0. The van der Waals surface area contributed by atoms with Crippen LogP contribution in [-0.2, 0) is 20.9 Å². The maximum atomic E-state index is 12.2. The van der Waals surface area contributed by atoms with E-state index in [2.05, 4.69) is 4.98 Å². The van der Waals surface area contributed by atoms with E-state index in [4.69, 9.17) is 4.74 Å². The van der Waals surface area contributed by atoms with E-state index in [9.17, 15) is 9.59 Å². The molecule has 5 nitrogen and oxygen atoms in total. The summed E-state index contributed by atoms with van der Waals surface area (Å²) in [7, 11) is 0. The number of pyridine rings is 1. The lowest BCUT2D eigenvalue weighted by Crippen LogP contribution is -2.35. The average Bonchev–Trinajstić information content (AvgIpc) is 2.44. The molecule has 1 aromatic heterocycles. The quantitative estimate of drug-likeness (QED) is 0.716. The molecule has 0 saturated carbocycles. The SMILES string of the molecule is CCOC(=O)CCN(Cc1cccnc1)C(=O)C(C)C. The zero-order valence-corrected chi connectivity index (χ0v) is 12.3. The van der Waals surface area contributed by atoms with Crippen LogP contribution >= 0.6 is 0 Å². The van der Waals surface area contributed by atoms with Gasteiger partial charge in [0.2, 0.25) is 5.91 Å². The molecule has 1 rings (SSSR count). The lowest BCUT2D eigenvalue weighted by molar-refractivity contribution is -0.144. The van der Waals surface area contributed by atoms with Crippen molar-refractivity contribution < 1.29 is 14.3 Å². The van der Waals surface area contributed by atoms with Gasteiger partial charge in [0.15, 0.2) is 0 Å². The number of carbonyl (C=O) groups excluding carboxylic acids is 2. The summed E-state index contributed by atoms with van der Waals surface area (Å²) in [5.74, 6) is -0.354. The van der Waals surface area contributed by atoms with Crippen LogP contribution in [-0.4, -0.2) is 34.9 Å². The Morgan fingerprint density at radius 1 is 1.40 bits per heavy atom. The molecule has 0 saturated heterocycles. The molecule has 0 aliphatic heterocycles. The normalized spacial score (nSPS) is 10.4. The number of esters is 1. The standard InChI is InChI=1S/C15H22N2O3/c1-4-20-14(18)7-9-17(15(19)12(2)3)11-13-6-5-8-16-10-13/h5-6,8,10,12H,4,7,9,11H2,1-3H3. The minimum Gasteiger partial charge on any atom is -0.466 e. The smallest absolute Gasteiger partial charge is 0.307 e. The van der Waals surface area contributed by atoms with Gasteiger partial charge in [-0.2, -0.15) is 0 Å². The first-order valence-corrected chi connectivity index (χ1v) is 6.88. The van der Waals surface area contributed by atoms with E-state index in [1.807, 2.05) is 26.0 Å². The third-order valence-electron chi connectivity index (χ3n) is 2.79. The van der Waals surface area contributed by atoms with Crippen LogP contribution in [0.5, 0.6) is 0 Å². The molecule has 20 heavy (non-hydrogen) atoms. The maximum absolute atomic E-state index is 12.2. The Balaban J connectivity index is 2.66. The van der Waals surface area contributed by atoms with Crippen LogP contribution in [0.15, 0.2) is 24.5 Å². The topological polar surface area (TPSA) is 59.5 Å². The van der Waals surface area contributed by atoms with Crippen LogP contribution in [0.1, 0.15) is 32.8 Å². The Hall–Kier alpha value is -1.91. The molecule has 1 aromatic rings. The Morgan fingerprint density at radius 3 is 2.70 bits per heavy atom. The third-order valence-corrected chi connectivity index (χ3v) is 2.79. The molecule has 0 unspecified atom stereocenters. The summed E-state index contributed by atoms with van der Waals surface area (Å²) in [6, 6.07) is 3.75. The summed E-state index contributed by atoms with van der Waals surface area (Å²) >= 11 is 0. The lowest BCUT2D eigenvalue weighted by Gasteiger charge is -2.24. The fourth-order valence-corrected chi connectivity index (χ4v) is 1.80. The van der Waals surface area contributed by atoms with Crippen molar-refractivity contribution >= 4 is 11.9 Å². The first-order chi connectivity index (χ1) is 9.54. The number of amides is 1. The molecular weight excluding hydrogens is 256 g/mol. The Morgan fingerprint density at radius 2 is 2.15 bits per heavy atom. The number of hydrogen-bond acceptors (Lipinski definition) is 4. The van der Waals surface area contributed by atoms with E-state index in [1.165, 1.54) is 0 Å². The highest BCUT2D eigenvalue weighted by Crippen LogP contribution is 2.09. The second-order valence-electron chi connectivity index (χ2n) is 4.83. The number of ether oxygens (including phenoxy) is 1. The number of carbonyl (C=O) groups is 2. The molecule has 0 aromatic carbocycles. The van der Waals surface area contributed by atoms with Crippen LogP contribution < -0.4 is 0 Å². The van der Waals surface area contributed by atoms with Gasteiger partial charge < -0.3 is 9.64 Å². The van der Waals surface area contributed by atoms with Gasteiger partial charge in [-0.3, -0.25) is 14.6 Å². The summed E-state index contributed by atoms with van der Waals surface area (Å²) < 4.78 is 4.89. The van der Waals surface area contributed by atoms with E-state index in [1.54, 1.807) is 24.2 Å². The summed E-state index contributed by atoms with van der Waals surface area (Å²) in [4.78, 5) is 29.3. The summed E-state index contributed by atoms with van der Waals surface area (Å²) in [5.41, 5.74) is 0.949. The van der Waals surface area contributed by atoms with E-state index in [-0.39, 0.29) is 24.2 Å². The molecule has 0 aliphatic rings. The van der Waals surface area contributed by atoms with E-state index >= 15 is 0 Å². The molecule has 110 valence electrons. The number of nitrogens with zero attached hydrogens (tertiary/aromatic N) is 2. The van der Waals surface area contributed by atoms with Gasteiger partial charge in [-0.05, 0) is 18.6 Å². The van der Waals surface area contributed by atoms with Crippen molar-refractivity contribution in [3.8, 4) is 0 Å². The van der Waals surface area contributed by atoms with Gasteiger partial charge in [0.1, 0.15) is 0 Å². The molecule has 0 aliphatic carbocycles. The summed E-state index contributed by atoms with van der Waals surface area (Å²) in [6.07, 6.45) is 3.63. The molecule has 1 heterocycles. The van der Waals surface area contributed by atoms with E-state index < -0.39 is 0 Å². The van der Waals surface area contributed by atoms with Crippen molar-refractivity contribution in [3.05, 3.63) is 30.1 Å². The van der Waals surface area contributed by atoms with Crippen molar-refractivity contribution in [2.24, 2.45) is 5.92 Å². The summed E-state index contributed by atoms with van der Waals surface area (Å²) in [5, 5.41) is 0. The van der Waals surface area contributed by atoms with Crippen LogP contribution in [0.4, 0.5) is 0 Å². The first-order valence-electron chi connectivity index (χ1n) is 6.88. The van der Waals surface area contributed by atoms with Gasteiger partial charge in [-0.15, -0.1) is 0 Å². The molecule has 1 amide bonds. The van der Waals surface area contributed by atoms with Crippen LogP contribution in [0, 0.1) is 5.92 Å². The minimum atomic E-state index is -0.278. The van der Waals surface area contributed by atoms with Gasteiger partial charge in [0, 0.05) is 31.4 Å². The molecule has 0 N–H and O–H groups in total. The lowest BCUT2D eigenvalue weighted by atomic mass is 10.1. The second kappa shape index (κ2) is 8.30. The van der Waals surface area contributed by atoms with Crippen LogP contribution in [0.3, 0.4) is 0 Å². The van der Waals surface area contributed by atoms with Crippen molar-refractivity contribution in [2.45, 2.75) is 33.7 Å². The number of rotatable bonds is 7. The predicted octanol–water partition coefficient (Wildman–Crippen LogP) is 2.02. The average molecular weight is 278 g/mol. The van der Waals surface area contributed by atoms with E-state index in [0.29, 0.717) is 19.7 Å². The Kier molecular flexibility index (Phi) is 6.70. The third kappa shape index (κ3) is 5.38. The Bertz CT molecular complexity index is 432. The van der Waals surface area contributed by atoms with Gasteiger partial charge in [-0.25, -0.2) is 0 Å².